The van der Waals surface area contributed by atoms with Gasteiger partial charge >= 0.3 is 0 Å². The van der Waals surface area contributed by atoms with Crippen LogP contribution in [0.2, 0.25) is 5.02 Å². The molecule has 0 unspecified atom stereocenters. The molecule has 8 rings (SSSR count). The Balaban J connectivity index is 0.000000212. The van der Waals surface area contributed by atoms with Gasteiger partial charge in [-0.25, -0.2) is 16.8 Å². The van der Waals surface area contributed by atoms with Crippen LogP contribution in [-0.4, -0.2) is 90.3 Å². The van der Waals surface area contributed by atoms with E-state index in [2.05, 4.69) is 21.3 Å². The highest BCUT2D eigenvalue weighted by atomic mass is 35.5. The molecular weight excluding hydrogens is 1030 g/mol. The molecule has 2 aromatic heterocycles. The fourth-order valence-electron chi connectivity index (χ4n) is 7.68. The van der Waals surface area contributed by atoms with Crippen molar-refractivity contribution in [3.8, 4) is 0 Å². The van der Waals surface area contributed by atoms with Crippen LogP contribution in [0.25, 0.3) is 0 Å². The molecule has 0 aliphatic carbocycles. The molecule has 4 aromatic carbocycles. The molecule has 0 bridgehead atoms. The summed E-state index contributed by atoms with van der Waals surface area (Å²) in [5.74, 6) is -0.825. The number of hydrogen-bond acceptors (Lipinski definition) is 16. The largest absolute Gasteiger partial charge is 0.382 e. The van der Waals surface area contributed by atoms with E-state index >= 15 is 0 Å². The summed E-state index contributed by atoms with van der Waals surface area (Å²) in [5, 5.41) is 45.4. The van der Waals surface area contributed by atoms with E-state index in [1.807, 2.05) is 24.3 Å². The van der Waals surface area contributed by atoms with Gasteiger partial charge in [0, 0.05) is 100 Å². The summed E-state index contributed by atoms with van der Waals surface area (Å²) >= 11 is 8.10. The van der Waals surface area contributed by atoms with Crippen molar-refractivity contribution >= 4 is 94.6 Å². The summed E-state index contributed by atoms with van der Waals surface area (Å²) in [6.07, 6.45) is 2.36. The maximum absolute atomic E-state index is 13.1. The molecule has 0 saturated carbocycles. The first-order valence-corrected chi connectivity index (χ1v) is 27.0. The highest BCUT2D eigenvalue weighted by Gasteiger charge is 2.32. The van der Waals surface area contributed by atoms with Gasteiger partial charge in [-0.2, -0.15) is 8.61 Å². The van der Waals surface area contributed by atoms with Crippen molar-refractivity contribution in [2.75, 3.05) is 36.8 Å². The average Bonchev–Trinajstić information content (AvgIpc) is 4.08. The maximum atomic E-state index is 13.1. The lowest BCUT2D eigenvalue weighted by molar-refractivity contribution is -0.385. The van der Waals surface area contributed by atoms with Crippen LogP contribution in [-0.2, 0) is 33.1 Å². The Kier molecular flexibility index (Phi) is 17.3. The smallest absolute Gasteiger partial charge is 0.292 e. The van der Waals surface area contributed by atoms with Crippen LogP contribution < -0.4 is 21.3 Å². The zero-order chi connectivity index (χ0) is 51.6. The molecule has 72 heavy (non-hydrogen) atoms. The van der Waals surface area contributed by atoms with Gasteiger partial charge in [0.05, 0.1) is 27.9 Å². The number of nitrogens with zero attached hydrogens (tertiary/aromatic N) is 5. The van der Waals surface area contributed by atoms with Gasteiger partial charge in [-0.05, 0) is 105 Å². The summed E-state index contributed by atoms with van der Waals surface area (Å²) < 4.78 is 55.8. The third kappa shape index (κ3) is 13.5. The normalized spacial score (nSPS) is 14.8. The number of para-hydroxylation sites is 2. The quantitative estimate of drug-likeness (QED) is 0.0494. The Labute approximate surface area is 426 Å². The van der Waals surface area contributed by atoms with Gasteiger partial charge in [-0.1, -0.05) is 23.7 Å². The molecule has 4 heterocycles. The van der Waals surface area contributed by atoms with E-state index in [9.17, 15) is 56.8 Å². The number of hydrogen-bond donors (Lipinski definition) is 4. The standard InChI is InChI=1S/C23H23ClN4O5S2.C23H23N5O7S2/c24-17-3-5-18(6-4-17)26-19-11-13-27(14-12-19)35(32,33)22-10-9-21(34-22)15-25-23(29)16-1-7-20(8-2-16)28(30)31;29-23(16-5-7-18(8-6-16)27(30)31)24-15-19-9-10-22(36-19)37(34,35)26-13-11-17(12-14-26)25-20-3-1-2-4-21(20)28(32)33/h1-10,19,26H,11-15H2,(H,25,29);1-10,17,25H,11-15H2,(H,24,29). The second-order valence-electron chi connectivity index (χ2n) is 16.3. The van der Waals surface area contributed by atoms with Crippen molar-refractivity contribution in [2.24, 2.45) is 0 Å². The number of non-ortho nitro benzene ring substituents is 2. The molecule has 2 saturated heterocycles. The number of carbonyl (C=O) groups is 2. The number of nitro benzene ring substituents is 3. The fraction of sp³-hybridized carbons (Fsp3) is 0.261. The third-order valence-electron chi connectivity index (χ3n) is 11.6. The first kappa shape index (κ1) is 52.9. The minimum atomic E-state index is -3.72. The van der Waals surface area contributed by atoms with E-state index in [1.54, 1.807) is 36.4 Å². The first-order valence-electron chi connectivity index (χ1n) is 22.1. The molecule has 0 spiro atoms. The van der Waals surface area contributed by atoms with Crippen LogP contribution in [0.4, 0.5) is 28.4 Å². The lowest BCUT2D eigenvalue weighted by Crippen LogP contribution is -2.42. The Morgan fingerprint density at radius 1 is 0.556 bits per heavy atom. The molecular formula is C46H46ClN9O12S4. The number of piperidine rings is 2. The van der Waals surface area contributed by atoms with Gasteiger partial charge in [0.25, 0.3) is 48.9 Å². The summed E-state index contributed by atoms with van der Waals surface area (Å²) in [7, 11) is -7.34. The van der Waals surface area contributed by atoms with Crippen molar-refractivity contribution in [3.05, 3.63) is 178 Å². The number of sulfonamides is 2. The van der Waals surface area contributed by atoms with E-state index in [0.717, 1.165) is 28.4 Å². The Hall–Kier alpha value is -6.87. The second kappa shape index (κ2) is 23.6. The number of anilines is 2. The number of nitrogens with one attached hydrogen (secondary N) is 4. The lowest BCUT2D eigenvalue weighted by Gasteiger charge is -2.31. The van der Waals surface area contributed by atoms with Gasteiger partial charge in [0.1, 0.15) is 14.1 Å². The number of amides is 2. The predicted octanol–water partition coefficient (Wildman–Crippen LogP) is 8.26. The zero-order valence-electron chi connectivity index (χ0n) is 37.9. The Morgan fingerprint density at radius 3 is 1.39 bits per heavy atom. The lowest BCUT2D eigenvalue weighted by atomic mass is 10.1. The maximum Gasteiger partial charge on any atom is 0.292 e. The van der Waals surface area contributed by atoms with Crippen LogP contribution in [0.5, 0.6) is 0 Å². The number of halogens is 1. The average molecular weight is 1080 g/mol. The third-order valence-corrected chi connectivity index (χ3v) is 18.7. The number of carbonyl (C=O) groups excluding carboxylic acids is 2. The Morgan fingerprint density at radius 2 is 0.972 bits per heavy atom. The zero-order valence-corrected chi connectivity index (χ0v) is 41.9. The molecule has 2 amide bonds. The van der Waals surface area contributed by atoms with Crippen LogP contribution in [0.15, 0.2) is 130 Å². The highest BCUT2D eigenvalue weighted by Crippen LogP contribution is 2.31. The summed E-state index contributed by atoms with van der Waals surface area (Å²) in [4.78, 5) is 57.1. The number of nitro groups is 3. The summed E-state index contributed by atoms with van der Waals surface area (Å²) in [6.45, 7) is 1.63. The van der Waals surface area contributed by atoms with Crippen molar-refractivity contribution in [2.45, 2.75) is 59.3 Å². The minimum absolute atomic E-state index is 0.0238. The Bertz CT molecular complexity index is 3140. The van der Waals surface area contributed by atoms with Gasteiger partial charge in [-0.15, -0.1) is 22.7 Å². The van der Waals surface area contributed by atoms with Gasteiger partial charge in [0.15, 0.2) is 0 Å². The molecule has 2 fully saturated rings. The van der Waals surface area contributed by atoms with E-state index in [1.165, 1.54) is 69.3 Å². The fourth-order valence-corrected chi connectivity index (χ4v) is 13.6. The van der Waals surface area contributed by atoms with Crippen LogP contribution in [0.1, 0.15) is 56.2 Å². The number of rotatable bonds is 17. The molecule has 2 aliphatic heterocycles. The number of thiophene rings is 2. The SMILES string of the molecule is O=C(NCc1ccc(S(=O)(=O)N2CCC(Nc3ccc(Cl)cc3)CC2)s1)c1ccc([N+](=O)[O-])cc1.O=C(NCc1ccc(S(=O)(=O)N2CCC(Nc3ccccc3[N+](=O)[O-])CC2)s1)c1ccc([N+](=O)[O-])cc1. The molecule has 26 heteroatoms. The minimum Gasteiger partial charge on any atom is -0.382 e. The van der Waals surface area contributed by atoms with Gasteiger partial charge in [0.2, 0.25) is 0 Å². The second-order valence-corrected chi connectivity index (χ2v) is 23.4. The molecule has 378 valence electrons. The summed E-state index contributed by atoms with van der Waals surface area (Å²) in [5.41, 5.74) is 1.67. The number of benzene rings is 4. The van der Waals surface area contributed by atoms with Crippen LogP contribution in [0.3, 0.4) is 0 Å². The predicted molar refractivity (Wildman–Crippen MR) is 273 cm³/mol. The molecule has 4 N–H and O–H groups in total. The van der Waals surface area contributed by atoms with Crippen LogP contribution in [0, 0.1) is 30.3 Å². The molecule has 2 aliphatic rings. The first-order chi connectivity index (χ1) is 34.4. The van der Waals surface area contributed by atoms with E-state index in [-0.39, 0.29) is 74.9 Å². The molecule has 6 aromatic rings. The molecule has 0 radical (unpaired) electrons. The highest BCUT2D eigenvalue weighted by molar-refractivity contribution is 7.91. The van der Waals surface area contributed by atoms with Crippen molar-refractivity contribution < 1.29 is 41.2 Å². The van der Waals surface area contributed by atoms with Crippen molar-refractivity contribution in [3.63, 3.8) is 0 Å². The summed E-state index contributed by atoms with van der Waals surface area (Å²) in [6, 6.07) is 30.7. The van der Waals surface area contributed by atoms with E-state index < -0.39 is 46.6 Å². The van der Waals surface area contributed by atoms with Crippen LogP contribution >= 0.6 is 34.3 Å². The molecule has 0 atom stereocenters. The molecule has 21 nitrogen and oxygen atoms in total. The van der Waals surface area contributed by atoms with E-state index in [4.69, 9.17) is 11.6 Å². The van der Waals surface area contributed by atoms with E-state index in [0.29, 0.717) is 59.2 Å². The van der Waals surface area contributed by atoms with Crippen molar-refractivity contribution in [1.82, 2.24) is 19.2 Å². The van der Waals surface area contributed by atoms with Gasteiger partial charge < -0.3 is 21.3 Å². The topological polar surface area (TPSA) is 286 Å². The van der Waals surface area contributed by atoms with Crippen molar-refractivity contribution in [1.29, 1.82) is 0 Å². The monoisotopic (exact) mass is 1080 g/mol. The van der Waals surface area contributed by atoms with Gasteiger partial charge in [-0.3, -0.25) is 39.9 Å².